The molecule has 3 rings (SSSR count). The molecule has 0 aliphatic carbocycles. The molecule has 1 aromatic carbocycles. The SMILES string of the molecule is Cn1cc(Cn2cc(-c3ccc(F)c(C(C)(F)F)c3)cn2)cn1.O=C(O)CCC(=O)O. The van der Waals surface area contributed by atoms with Gasteiger partial charge >= 0.3 is 11.9 Å². The van der Waals surface area contributed by atoms with Crippen molar-refractivity contribution in [3.63, 3.8) is 0 Å². The third-order valence-electron chi connectivity index (χ3n) is 4.06. The number of carboxylic acid groups (broad SMARTS) is 2. The maximum atomic E-state index is 13.6. The van der Waals surface area contributed by atoms with Crippen LogP contribution in [0.4, 0.5) is 13.2 Å². The molecule has 2 heterocycles. The third-order valence-corrected chi connectivity index (χ3v) is 4.06. The topological polar surface area (TPSA) is 110 Å². The number of benzene rings is 1. The Morgan fingerprint density at radius 3 is 2.19 bits per heavy atom. The zero-order valence-corrected chi connectivity index (χ0v) is 16.8. The van der Waals surface area contributed by atoms with Crippen LogP contribution in [0.25, 0.3) is 11.1 Å². The number of hydrogen-bond acceptors (Lipinski definition) is 4. The lowest BCUT2D eigenvalue weighted by molar-refractivity contribution is -0.143. The third kappa shape index (κ3) is 7.28. The summed E-state index contributed by atoms with van der Waals surface area (Å²) in [5.41, 5.74) is 1.51. The van der Waals surface area contributed by atoms with Crippen LogP contribution in [0.1, 0.15) is 30.9 Å². The van der Waals surface area contributed by atoms with Gasteiger partial charge in [-0.15, -0.1) is 0 Å². The summed E-state index contributed by atoms with van der Waals surface area (Å²) < 4.78 is 43.8. The van der Waals surface area contributed by atoms with Crippen LogP contribution in [0.3, 0.4) is 0 Å². The van der Waals surface area contributed by atoms with Gasteiger partial charge in [0.1, 0.15) is 5.82 Å². The highest BCUT2D eigenvalue weighted by Crippen LogP contribution is 2.32. The van der Waals surface area contributed by atoms with E-state index in [1.165, 1.54) is 12.1 Å². The fourth-order valence-corrected chi connectivity index (χ4v) is 2.59. The van der Waals surface area contributed by atoms with Crippen LogP contribution in [-0.4, -0.2) is 41.7 Å². The summed E-state index contributed by atoms with van der Waals surface area (Å²) in [5.74, 6) is -6.30. The van der Waals surface area contributed by atoms with Crippen LogP contribution >= 0.6 is 0 Å². The van der Waals surface area contributed by atoms with Crippen molar-refractivity contribution in [1.82, 2.24) is 19.6 Å². The molecule has 0 bridgehead atoms. The van der Waals surface area contributed by atoms with Crippen molar-refractivity contribution in [3.05, 3.63) is 59.9 Å². The highest BCUT2D eigenvalue weighted by molar-refractivity contribution is 5.75. The average molecular weight is 438 g/mol. The van der Waals surface area contributed by atoms with Crippen LogP contribution in [-0.2, 0) is 29.1 Å². The van der Waals surface area contributed by atoms with Crippen molar-refractivity contribution < 1.29 is 33.0 Å². The first-order valence-electron chi connectivity index (χ1n) is 9.07. The number of alkyl halides is 2. The second-order valence-corrected chi connectivity index (χ2v) is 6.82. The molecule has 0 radical (unpaired) electrons. The van der Waals surface area contributed by atoms with Gasteiger partial charge in [-0.05, 0) is 17.7 Å². The first-order chi connectivity index (χ1) is 14.5. The van der Waals surface area contributed by atoms with Gasteiger partial charge in [0.05, 0.1) is 37.3 Å². The summed E-state index contributed by atoms with van der Waals surface area (Å²) in [6, 6.07) is 3.69. The van der Waals surface area contributed by atoms with Crippen molar-refractivity contribution in [3.8, 4) is 11.1 Å². The molecule has 0 amide bonds. The number of carbonyl (C=O) groups is 2. The largest absolute Gasteiger partial charge is 0.481 e. The first-order valence-corrected chi connectivity index (χ1v) is 9.07. The standard InChI is InChI=1S/C16H15F3N4.C4H6O4/c1-16(18,19)14-5-12(3-4-15(14)17)13-7-21-23(10-13)9-11-6-20-22(2)8-11;5-3(6)1-2-4(7)8/h3-8,10H,9H2,1-2H3;1-2H2,(H,5,6)(H,7,8). The second-order valence-electron chi connectivity index (χ2n) is 6.82. The van der Waals surface area contributed by atoms with Crippen LogP contribution in [0.15, 0.2) is 43.0 Å². The maximum absolute atomic E-state index is 13.6. The van der Waals surface area contributed by atoms with Crippen molar-refractivity contribution >= 4 is 11.9 Å². The van der Waals surface area contributed by atoms with E-state index in [2.05, 4.69) is 10.2 Å². The number of halogens is 3. The molecule has 2 N–H and O–H groups in total. The highest BCUT2D eigenvalue weighted by atomic mass is 19.3. The molecule has 11 heteroatoms. The molecule has 3 aromatic rings. The summed E-state index contributed by atoms with van der Waals surface area (Å²) >= 11 is 0. The minimum absolute atomic E-state index is 0.296. The van der Waals surface area contributed by atoms with Gasteiger partial charge in [0.15, 0.2) is 0 Å². The van der Waals surface area contributed by atoms with E-state index in [1.54, 1.807) is 28.0 Å². The van der Waals surface area contributed by atoms with Crippen molar-refractivity contribution in [1.29, 1.82) is 0 Å². The van der Waals surface area contributed by atoms with Crippen LogP contribution < -0.4 is 0 Å². The maximum Gasteiger partial charge on any atom is 0.303 e. The smallest absolute Gasteiger partial charge is 0.303 e. The van der Waals surface area contributed by atoms with Gasteiger partial charge in [0.2, 0.25) is 0 Å². The van der Waals surface area contributed by atoms with E-state index in [4.69, 9.17) is 10.2 Å². The van der Waals surface area contributed by atoms with E-state index in [-0.39, 0.29) is 12.8 Å². The molecule has 166 valence electrons. The Morgan fingerprint density at radius 2 is 1.68 bits per heavy atom. The summed E-state index contributed by atoms with van der Waals surface area (Å²) in [4.78, 5) is 19.3. The van der Waals surface area contributed by atoms with Gasteiger partial charge in [-0.2, -0.15) is 10.2 Å². The van der Waals surface area contributed by atoms with Crippen molar-refractivity contribution in [2.75, 3.05) is 0 Å². The average Bonchev–Trinajstić information content (AvgIpc) is 3.29. The van der Waals surface area contributed by atoms with Gasteiger partial charge in [-0.1, -0.05) is 6.07 Å². The molecular weight excluding hydrogens is 417 g/mol. The van der Waals surface area contributed by atoms with Gasteiger partial charge in [-0.25, -0.2) is 13.2 Å². The lowest BCUT2D eigenvalue weighted by Crippen LogP contribution is -2.09. The fourth-order valence-electron chi connectivity index (χ4n) is 2.59. The summed E-state index contributed by atoms with van der Waals surface area (Å²) in [7, 11) is 1.82. The monoisotopic (exact) mass is 438 g/mol. The molecule has 0 aliphatic heterocycles. The first kappa shape index (κ1) is 23.6. The van der Waals surface area contributed by atoms with E-state index in [0.29, 0.717) is 24.6 Å². The minimum Gasteiger partial charge on any atom is -0.481 e. The van der Waals surface area contributed by atoms with E-state index in [1.807, 2.05) is 13.2 Å². The predicted octanol–water partition coefficient (Wildman–Crippen LogP) is 3.52. The molecule has 8 nitrogen and oxygen atoms in total. The fraction of sp³-hybridized carbons (Fsp3) is 0.300. The number of aliphatic carboxylic acids is 2. The molecule has 31 heavy (non-hydrogen) atoms. The van der Waals surface area contributed by atoms with Gasteiger partial charge in [0, 0.05) is 37.5 Å². The quantitative estimate of drug-likeness (QED) is 0.584. The van der Waals surface area contributed by atoms with Crippen molar-refractivity contribution in [2.45, 2.75) is 32.2 Å². The van der Waals surface area contributed by atoms with Crippen LogP contribution in [0.2, 0.25) is 0 Å². The number of rotatable bonds is 7. The zero-order valence-electron chi connectivity index (χ0n) is 16.8. The van der Waals surface area contributed by atoms with E-state index in [9.17, 15) is 22.8 Å². The molecule has 0 spiro atoms. The van der Waals surface area contributed by atoms with Crippen LogP contribution in [0.5, 0.6) is 0 Å². The Bertz CT molecular complexity index is 1040. The van der Waals surface area contributed by atoms with E-state index >= 15 is 0 Å². The molecule has 0 unspecified atom stereocenters. The van der Waals surface area contributed by atoms with Gasteiger partial charge in [-0.3, -0.25) is 19.0 Å². The Labute approximate surface area is 175 Å². The summed E-state index contributed by atoms with van der Waals surface area (Å²) in [5, 5.41) is 24.1. The minimum atomic E-state index is -3.23. The Morgan fingerprint density at radius 1 is 1.03 bits per heavy atom. The molecular formula is C20H21F3N4O4. The van der Waals surface area contributed by atoms with E-state index in [0.717, 1.165) is 11.6 Å². The molecule has 0 fully saturated rings. The number of hydrogen-bond donors (Lipinski definition) is 2. The number of carboxylic acids is 2. The molecule has 0 atom stereocenters. The second kappa shape index (κ2) is 9.92. The lowest BCUT2D eigenvalue weighted by Gasteiger charge is -2.12. The number of nitrogens with zero attached hydrogens (tertiary/aromatic N) is 4. The number of aromatic nitrogens is 4. The van der Waals surface area contributed by atoms with Crippen LogP contribution in [0, 0.1) is 5.82 Å². The Kier molecular flexibility index (Phi) is 7.56. The lowest BCUT2D eigenvalue weighted by atomic mass is 10.0. The Hall–Kier alpha value is -3.63. The molecule has 0 aliphatic rings. The highest BCUT2D eigenvalue weighted by Gasteiger charge is 2.28. The summed E-state index contributed by atoms with van der Waals surface area (Å²) in [6.45, 7) is 1.20. The van der Waals surface area contributed by atoms with E-state index < -0.39 is 29.2 Å². The number of aryl methyl sites for hydroxylation is 1. The zero-order chi connectivity index (χ0) is 23.2. The molecule has 0 saturated heterocycles. The molecule has 0 saturated carbocycles. The molecule has 2 aromatic heterocycles. The predicted molar refractivity (Wildman–Crippen MR) is 104 cm³/mol. The normalized spacial score (nSPS) is 11.0. The van der Waals surface area contributed by atoms with Gasteiger partial charge < -0.3 is 10.2 Å². The van der Waals surface area contributed by atoms with Gasteiger partial charge in [0.25, 0.3) is 5.92 Å². The summed E-state index contributed by atoms with van der Waals surface area (Å²) in [6.07, 6.45) is 6.31. The van der Waals surface area contributed by atoms with Crippen molar-refractivity contribution in [2.24, 2.45) is 7.05 Å². The Balaban J connectivity index is 0.000000366.